The van der Waals surface area contributed by atoms with E-state index in [0.29, 0.717) is 33.5 Å². The quantitative estimate of drug-likeness (QED) is 0.414. The van der Waals surface area contributed by atoms with Crippen LogP contribution in [0.1, 0.15) is 30.6 Å². The van der Waals surface area contributed by atoms with Gasteiger partial charge in [0, 0.05) is 12.1 Å². The average Bonchev–Trinajstić information content (AvgIpc) is 3.22. The maximum absolute atomic E-state index is 13.5. The van der Waals surface area contributed by atoms with Gasteiger partial charge in [-0.3, -0.25) is 9.69 Å². The lowest BCUT2D eigenvalue weighted by Gasteiger charge is -2.21. The number of hydrogen-bond acceptors (Lipinski definition) is 7. The standard InChI is InChI=1S/C23H28ClN3O4S2/c1-15(2)33(29,30)17-9-7-16(8-10-17)22(28)27(14-6-13-26(3)4)23-25-20-19(31-5)12-11-18(24)21(20)32-23/h7-12,15H,6,13-14H2,1-5H3. The van der Waals surface area contributed by atoms with Gasteiger partial charge in [-0.2, -0.15) is 0 Å². The number of fused-ring (bicyclic) bond motifs is 1. The van der Waals surface area contributed by atoms with Crippen molar-refractivity contribution in [3.63, 3.8) is 0 Å². The molecule has 1 amide bonds. The van der Waals surface area contributed by atoms with Crippen LogP contribution in [0.2, 0.25) is 5.02 Å². The molecule has 0 bridgehead atoms. The van der Waals surface area contributed by atoms with Crippen molar-refractivity contribution in [2.24, 2.45) is 0 Å². The summed E-state index contributed by atoms with van der Waals surface area (Å²) in [6, 6.07) is 9.57. The first kappa shape index (κ1) is 25.4. The molecule has 0 aliphatic heterocycles. The van der Waals surface area contributed by atoms with E-state index >= 15 is 0 Å². The maximum Gasteiger partial charge on any atom is 0.260 e. The van der Waals surface area contributed by atoms with Gasteiger partial charge in [0.2, 0.25) is 0 Å². The lowest BCUT2D eigenvalue weighted by molar-refractivity contribution is 0.0986. The summed E-state index contributed by atoms with van der Waals surface area (Å²) < 4.78 is 31.0. The Hall–Kier alpha value is -2.20. The van der Waals surface area contributed by atoms with Gasteiger partial charge in [0.15, 0.2) is 15.0 Å². The molecule has 0 atom stereocenters. The highest BCUT2D eigenvalue weighted by Crippen LogP contribution is 2.39. The molecule has 0 aliphatic carbocycles. The second-order valence-electron chi connectivity index (χ2n) is 8.16. The Bertz CT molecular complexity index is 1240. The summed E-state index contributed by atoms with van der Waals surface area (Å²) in [6.07, 6.45) is 0.735. The molecule has 0 saturated heterocycles. The van der Waals surface area contributed by atoms with Crippen molar-refractivity contribution in [1.82, 2.24) is 9.88 Å². The monoisotopic (exact) mass is 509 g/mol. The number of ether oxygens (including phenoxy) is 1. The fraction of sp³-hybridized carbons (Fsp3) is 0.391. The van der Waals surface area contributed by atoms with Gasteiger partial charge in [0.05, 0.1) is 27.0 Å². The van der Waals surface area contributed by atoms with Crippen molar-refractivity contribution in [1.29, 1.82) is 0 Å². The minimum absolute atomic E-state index is 0.199. The van der Waals surface area contributed by atoms with Crippen molar-refractivity contribution in [3.8, 4) is 5.75 Å². The SMILES string of the molecule is COc1ccc(Cl)c2sc(N(CCCN(C)C)C(=O)c3ccc(S(=O)(=O)C(C)C)cc3)nc12. The molecule has 0 spiro atoms. The van der Waals surface area contributed by atoms with E-state index < -0.39 is 15.1 Å². The van der Waals surface area contributed by atoms with Crippen LogP contribution in [0.5, 0.6) is 5.75 Å². The van der Waals surface area contributed by atoms with Crippen molar-refractivity contribution in [2.45, 2.75) is 30.4 Å². The number of anilines is 1. The number of aromatic nitrogens is 1. The third kappa shape index (κ3) is 5.48. The predicted molar refractivity (Wildman–Crippen MR) is 135 cm³/mol. The summed E-state index contributed by atoms with van der Waals surface area (Å²) in [6.45, 7) is 4.51. The smallest absolute Gasteiger partial charge is 0.260 e. The van der Waals surface area contributed by atoms with Gasteiger partial charge in [0.1, 0.15) is 11.3 Å². The number of rotatable bonds is 9. The predicted octanol–water partition coefficient (Wildman–Crippen LogP) is 4.74. The van der Waals surface area contributed by atoms with Crippen LogP contribution in [0.25, 0.3) is 10.2 Å². The van der Waals surface area contributed by atoms with Gasteiger partial charge in [-0.05, 0) is 77.3 Å². The largest absolute Gasteiger partial charge is 0.494 e. The van der Waals surface area contributed by atoms with E-state index in [1.54, 1.807) is 50.1 Å². The molecule has 0 aliphatic rings. The number of benzene rings is 2. The second-order valence-corrected chi connectivity index (χ2v) is 12.0. The molecule has 178 valence electrons. The number of methoxy groups -OCH3 is 1. The highest BCUT2D eigenvalue weighted by molar-refractivity contribution is 7.92. The lowest BCUT2D eigenvalue weighted by atomic mass is 10.2. The van der Waals surface area contributed by atoms with E-state index in [1.165, 1.54) is 23.5 Å². The second kappa shape index (κ2) is 10.4. The molecule has 3 rings (SSSR count). The van der Waals surface area contributed by atoms with Crippen LogP contribution in [-0.2, 0) is 9.84 Å². The van der Waals surface area contributed by atoms with Crippen molar-refractivity contribution < 1.29 is 17.9 Å². The van der Waals surface area contributed by atoms with E-state index in [0.717, 1.165) is 17.7 Å². The molecule has 1 heterocycles. The van der Waals surface area contributed by atoms with Gasteiger partial charge >= 0.3 is 0 Å². The fourth-order valence-electron chi connectivity index (χ4n) is 3.27. The number of nitrogens with zero attached hydrogens (tertiary/aromatic N) is 3. The topological polar surface area (TPSA) is 79.8 Å². The fourth-order valence-corrected chi connectivity index (χ4v) is 5.61. The van der Waals surface area contributed by atoms with Gasteiger partial charge in [0.25, 0.3) is 5.91 Å². The molecule has 0 N–H and O–H groups in total. The molecule has 3 aromatic rings. The zero-order chi connectivity index (χ0) is 24.3. The first-order valence-corrected chi connectivity index (χ1v) is 13.2. The number of carbonyl (C=O) groups excluding carboxylic acids is 1. The van der Waals surface area contributed by atoms with Crippen LogP contribution in [0.4, 0.5) is 5.13 Å². The molecule has 2 aromatic carbocycles. The minimum Gasteiger partial charge on any atom is -0.494 e. The summed E-state index contributed by atoms with van der Waals surface area (Å²) in [5, 5.41) is 0.515. The Balaban J connectivity index is 2.00. The Labute approximate surface area is 203 Å². The number of thiazole rings is 1. The molecule has 1 aromatic heterocycles. The van der Waals surface area contributed by atoms with Gasteiger partial charge in [-0.1, -0.05) is 22.9 Å². The Morgan fingerprint density at radius 1 is 1.12 bits per heavy atom. The van der Waals surface area contributed by atoms with E-state index in [1.807, 2.05) is 19.0 Å². The van der Waals surface area contributed by atoms with Gasteiger partial charge in [-0.25, -0.2) is 13.4 Å². The zero-order valence-corrected chi connectivity index (χ0v) is 21.7. The first-order chi connectivity index (χ1) is 15.6. The summed E-state index contributed by atoms with van der Waals surface area (Å²) in [5.41, 5.74) is 0.994. The van der Waals surface area contributed by atoms with Crippen molar-refractivity contribution >= 4 is 54.0 Å². The molecule has 10 heteroatoms. The van der Waals surface area contributed by atoms with Crippen molar-refractivity contribution in [3.05, 3.63) is 47.0 Å². The number of sulfone groups is 1. The van der Waals surface area contributed by atoms with E-state index in [4.69, 9.17) is 16.3 Å². The van der Waals surface area contributed by atoms with Crippen LogP contribution >= 0.6 is 22.9 Å². The van der Waals surface area contributed by atoms with Crippen LogP contribution in [-0.4, -0.2) is 63.8 Å². The average molecular weight is 510 g/mol. The molecule has 7 nitrogen and oxygen atoms in total. The summed E-state index contributed by atoms with van der Waals surface area (Å²) >= 11 is 7.71. The molecule has 33 heavy (non-hydrogen) atoms. The number of halogens is 1. The molecule has 0 saturated carbocycles. The lowest BCUT2D eigenvalue weighted by Crippen LogP contribution is -2.33. The first-order valence-electron chi connectivity index (χ1n) is 10.5. The third-order valence-electron chi connectivity index (χ3n) is 5.18. The third-order valence-corrected chi connectivity index (χ3v) is 8.89. The molecular formula is C23H28ClN3O4S2. The minimum atomic E-state index is -3.41. The highest BCUT2D eigenvalue weighted by atomic mass is 35.5. The van der Waals surface area contributed by atoms with Crippen LogP contribution in [0.15, 0.2) is 41.3 Å². The van der Waals surface area contributed by atoms with E-state index in [2.05, 4.69) is 4.98 Å². The van der Waals surface area contributed by atoms with Crippen LogP contribution < -0.4 is 9.64 Å². The molecule has 0 fully saturated rings. The van der Waals surface area contributed by atoms with Gasteiger partial charge < -0.3 is 9.64 Å². The number of amides is 1. The van der Waals surface area contributed by atoms with Crippen LogP contribution in [0, 0.1) is 0 Å². The zero-order valence-electron chi connectivity index (χ0n) is 19.3. The molecular weight excluding hydrogens is 482 g/mol. The van der Waals surface area contributed by atoms with Crippen molar-refractivity contribution in [2.75, 3.05) is 39.2 Å². The Kier molecular flexibility index (Phi) is 8.00. The normalized spacial score (nSPS) is 12.0. The Morgan fingerprint density at radius 3 is 2.36 bits per heavy atom. The number of hydrogen-bond donors (Lipinski definition) is 0. The molecule has 0 unspecified atom stereocenters. The molecule has 0 radical (unpaired) electrons. The highest BCUT2D eigenvalue weighted by Gasteiger charge is 2.24. The Morgan fingerprint density at radius 2 is 1.79 bits per heavy atom. The summed E-state index contributed by atoms with van der Waals surface area (Å²) in [4.78, 5) is 22.0. The van der Waals surface area contributed by atoms with E-state index in [9.17, 15) is 13.2 Å². The summed E-state index contributed by atoms with van der Waals surface area (Å²) in [5.74, 6) is 0.331. The van der Waals surface area contributed by atoms with Gasteiger partial charge in [-0.15, -0.1) is 0 Å². The summed E-state index contributed by atoms with van der Waals surface area (Å²) in [7, 11) is 2.10. The maximum atomic E-state index is 13.5. The van der Waals surface area contributed by atoms with E-state index in [-0.39, 0.29) is 10.8 Å². The number of carbonyl (C=O) groups is 1. The van der Waals surface area contributed by atoms with Crippen LogP contribution in [0.3, 0.4) is 0 Å².